The minimum absolute atomic E-state index is 0.0583. The van der Waals surface area contributed by atoms with Crippen LogP contribution in [0.5, 0.6) is 0 Å². The second-order valence-electron chi connectivity index (χ2n) is 26.9. The number of fused-ring (bicyclic) bond motifs is 14. The van der Waals surface area contributed by atoms with Crippen LogP contribution in [0.2, 0.25) is 0 Å². The zero-order chi connectivity index (χ0) is 75.0. The van der Waals surface area contributed by atoms with Crippen molar-refractivity contribution in [2.45, 2.75) is 88.3 Å². The van der Waals surface area contributed by atoms with Crippen molar-refractivity contribution in [3.05, 3.63) is 265 Å². The molecule has 0 N–H and O–H groups in total. The number of hydrogen-bond acceptors (Lipinski definition) is 3. The highest BCUT2D eigenvalue weighted by molar-refractivity contribution is 8.00. The van der Waals surface area contributed by atoms with Crippen molar-refractivity contribution in [3.8, 4) is 44.8 Å². The quantitative estimate of drug-likeness (QED) is 0.154. The zero-order valence-corrected chi connectivity index (χ0v) is 52.8. The van der Waals surface area contributed by atoms with E-state index in [1.807, 2.05) is 48.5 Å². The Morgan fingerprint density at radius 2 is 0.889 bits per heavy atom. The fourth-order valence-electron chi connectivity index (χ4n) is 13.8. The molecule has 15 aromatic rings. The minimum atomic E-state index is -0.637. The first-order valence-corrected chi connectivity index (χ1v) is 32.1. The normalized spacial score (nSPS) is 15.8. The molecular formula is C84H68BN3S2. The molecule has 0 spiro atoms. The van der Waals surface area contributed by atoms with E-state index in [0.29, 0.717) is 28.4 Å². The van der Waals surface area contributed by atoms with Gasteiger partial charge in [-0.25, -0.2) is 0 Å². The van der Waals surface area contributed by atoms with E-state index in [2.05, 4.69) is 170 Å². The van der Waals surface area contributed by atoms with Crippen molar-refractivity contribution in [2.75, 3.05) is 4.90 Å². The minimum Gasteiger partial charge on any atom is -0.310 e. The summed E-state index contributed by atoms with van der Waals surface area (Å²) < 4.78 is 157. The van der Waals surface area contributed by atoms with E-state index in [0.717, 1.165) is 96.4 Å². The van der Waals surface area contributed by atoms with E-state index in [1.54, 1.807) is 32.2 Å². The summed E-state index contributed by atoms with van der Waals surface area (Å²) in [5, 5.41) is 1.72. The van der Waals surface area contributed by atoms with E-state index in [1.165, 1.54) is 0 Å². The number of nitrogens with zero attached hydrogens (tertiary/aromatic N) is 3. The van der Waals surface area contributed by atoms with Crippen LogP contribution in [-0.4, -0.2) is 15.8 Å². The number of benzene rings is 12. The molecular weight excluding hydrogens is 1130 g/mol. The summed E-state index contributed by atoms with van der Waals surface area (Å²) in [6.45, 7) is 19.0. The number of rotatable bonds is 6. The summed E-state index contributed by atoms with van der Waals surface area (Å²) in [5.74, 6) is 0. The van der Waals surface area contributed by atoms with Gasteiger partial charge in [0, 0.05) is 85.4 Å². The average molecular weight is 1210 g/mol. The van der Waals surface area contributed by atoms with Gasteiger partial charge in [0.05, 0.1) is 49.7 Å². The lowest BCUT2D eigenvalue weighted by molar-refractivity contribution is 0.589. The molecule has 5 heterocycles. The highest BCUT2D eigenvalue weighted by atomic mass is 32.2. The lowest BCUT2D eigenvalue weighted by atomic mass is 9.34. The van der Waals surface area contributed by atoms with E-state index < -0.39 is 109 Å². The van der Waals surface area contributed by atoms with Crippen LogP contribution in [0.1, 0.15) is 101 Å². The number of hydrogen-bond donors (Lipinski definition) is 0. The number of para-hydroxylation sites is 4. The molecule has 12 aromatic carbocycles. The maximum absolute atomic E-state index is 9.94. The largest absolute Gasteiger partial charge is 0.310 e. The third-order valence-electron chi connectivity index (χ3n) is 18.3. The van der Waals surface area contributed by atoms with Crippen molar-refractivity contribution in [1.82, 2.24) is 9.13 Å². The molecule has 0 bridgehead atoms. The van der Waals surface area contributed by atoms with Crippen molar-refractivity contribution in [3.63, 3.8) is 0 Å². The standard InChI is InChI=1S/C84H68BN3S2/c1-82(2,3)55-27-21-25-53(43-55)64-46-57(84(7,8)9)47-65(54-26-22-28-56(44-54)83(4,5)6)80(64)88-73-48-58(86-69-33-17-13-29-60(69)61-30-14-18-34-70(61)86)38-39-67(73)85-68-40-42-76-78(66-45-52(37-41-75(66)89-76)51-23-11-10-12-24-51)81(68)90-77-50-59(49-74(88)79(77)85)87-71-35-19-15-31-62(71)63-32-16-20-36-72(63)87/h10-50H,1-9H3/i13D,14D,15D,16D,17D,18D,19D,20D,29D,30D,31D,32D,33D,34D,35D,36D. The molecule has 2 aliphatic heterocycles. The molecule has 0 aliphatic carbocycles. The second-order valence-corrected chi connectivity index (χ2v) is 29.1. The number of anilines is 3. The summed E-state index contributed by atoms with van der Waals surface area (Å²) in [6, 6.07) is 44.3. The van der Waals surface area contributed by atoms with Crippen LogP contribution in [0.15, 0.2) is 258 Å². The van der Waals surface area contributed by atoms with Gasteiger partial charge in [-0.05, 0) is 145 Å². The van der Waals surface area contributed by atoms with Gasteiger partial charge < -0.3 is 14.0 Å². The Kier molecular flexibility index (Phi) is 9.00. The molecule has 0 saturated carbocycles. The summed E-state index contributed by atoms with van der Waals surface area (Å²) in [5.41, 5.74) is 12.2. The Morgan fingerprint density at radius 1 is 0.389 bits per heavy atom. The fourth-order valence-corrected chi connectivity index (χ4v) is 16.3. The van der Waals surface area contributed by atoms with Gasteiger partial charge in [0.2, 0.25) is 6.71 Å². The monoisotopic (exact) mass is 1210 g/mol. The van der Waals surface area contributed by atoms with Crippen molar-refractivity contribution < 1.29 is 21.9 Å². The lowest BCUT2D eigenvalue weighted by Crippen LogP contribution is -2.60. The molecule has 2 aliphatic rings. The first-order chi connectivity index (χ1) is 50.2. The van der Waals surface area contributed by atoms with Crippen LogP contribution < -0.4 is 21.3 Å². The summed E-state index contributed by atoms with van der Waals surface area (Å²) in [4.78, 5) is 3.91. The van der Waals surface area contributed by atoms with E-state index in [9.17, 15) is 16.4 Å². The SMILES string of the molecule is [2H]c1c([2H])c([2H])c2c(c1[2H])c1c([2H])c([2H])c([2H])c([2H])c1n2-c1ccc2c(c1)N(c1c(-c3cccc(C(C)(C)C)c3)cc(C(C)(C)C)cc1-c1cccc(C(C)(C)C)c1)c1cc(-n3c4c([2H])c([2H])c([2H])c([2H])c4c4c([2H])c([2H])c([2H])c([2H])c43)cc3c1B2c1ccc2sc4ccc(-c5ccccc5)cc4c2c1S3. The van der Waals surface area contributed by atoms with Gasteiger partial charge >= 0.3 is 0 Å². The van der Waals surface area contributed by atoms with Crippen LogP contribution >= 0.6 is 23.1 Å². The van der Waals surface area contributed by atoms with Gasteiger partial charge in [-0.2, -0.15) is 0 Å². The van der Waals surface area contributed by atoms with Crippen LogP contribution in [0.25, 0.3) is 109 Å². The molecule has 3 aromatic heterocycles. The first kappa shape index (κ1) is 40.3. The molecule has 6 heteroatoms. The topological polar surface area (TPSA) is 13.1 Å². The molecule has 0 amide bonds. The molecule has 3 nitrogen and oxygen atoms in total. The smallest absolute Gasteiger partial charge is 0.249 e. The Balaban J connectivity index is 1.11. The van der Waals surface area contributed by atoms with Crippen LogP contribution in [-0.2, 0) is 16.2 Å². The van der Waals surface area contributed by atoms with Crippen LogP contribution in [0, 0.1) is 0 Å². The van der Waals surface area contributed by atoms with Gasteiger partial charge in [0.25, 0.3) is 0 Å². The number of aromatic nitrogens is 2. The summed E-state index contributed by atoms with van der Waals surface area (Å²) in [7, 11) is 0. The molecule has 0 atom stereocenters. The average Bonchev–Trinajstić information content (AvgIpc) is 0.876. The molecule has 0 fully saturated rings. The van der Waals surface area contributed by atoms with Crippen molar-refractivity contribution in [2.24, 2.45) is 0 Å². The third-order valence-corrected chi connectivity index (χ3v) is 20.6. The predicted molar refractivity (Wildman–Crippen MR) is 390 cm³/mol. The van der Waals surface area contributed by atoms with E-state index in [4.69, 9.17) is 5.48 Å². The molecule has 434 valence electrons. The van der Waals surface area contributed by atoms with Gasteiger partial charge in [0.1, 0.15) is 0 Å². The maximum Gasteiger partial charge on any atom is 0.249 e. The Bertz CT molecular complexity index is 6240. The Hall–Kier alpha value is -9.33. The van der Waals surface area contributed by atoms with Gasteiger partial charge in [0.15, 0.2) is 0 Å². The maximum atomic E-state index is 9.94. The lowest BCUT2D eigenvalue weighted by Gasteiger charge is -2.42. The molecule has 90 heavy (non-hydrogen) atoms. The highest BCUT2D eigenvalue weighted by Crippen LogP contribution is 2.54. The first-order valence-electron chi connectivity index (χ1n) is 38.4. The van der Waals surface area contributed by atoms with Crippen LogP contribution in [0.4, 0.5) is 17.1 Å². The Morgan fingerprint density at radius 3 is 1.44 bits per heavy atom. The molecule has 0 radical (unpaired) electrons. The number of thiophene rings is 1. The zero-order valence-electron chi connectivity index (χ0n) is 67.2. The van der Waals surface area contributed by atoms with Gasteiger partial charge in [-0.3, -0.25) is 0 Å². The third kappa shape index (κ3) is 8.55. The Labute approximate surface area is 558 Å². The fraction of sp³-hybridized carbons (Fsp3) is 0.143. The summed E-state index contributed by atoms with van der Waals surface area (Å²) >= 11 is 3.25. The molecule has 0 unspecified atom stereocenters. The summed E-state index contributed by atoms with van der Waals surface area (Å²) in [6.07, 6.45) is 0. The van der Waals surface area contributed by atoms with Crippen LogP contribution in [0.3, 0.4) is 0 Å². The molecule has 17 rings (SSSR count). The predicted octanol–water partition coefficient (Wildman–Crippen LogP) is 21.9. The van der Waals surface area contributed by atoms with E-state index in [-0.39, 0.29) is 54.4 Å². The second kappa shape index (κ2) is 20.1. The highest BCUT2D eigenvalue weighted by Gasteiger charge is 2.44. The van der Waals surface area contributed by atoms with Crippen molar-refractivity contribution >= 4 is 127 Å². The van der Waals surface area contributed by atoms with Gasteiger partial charge in [-0.1, -0.05) is 249 Å². The van der Waals surface area contributed by atoms with E-state index >= 15 is 0 Å². The van der Waals surface area contributed by atoms with Crippen molar-refractivity contribution in [1.29, 1.82) is 0 Å². The van der Waals surface area contributed by atoms with Gasteiger partial charge in [-0.15, -0.1) is 11.3 Å². The molecule has 0 saturated heterocycles.